The summed E-state index contributed by atoms with van der Waals surface area (Å²) in [5, 5.41) is 0. The standard InChI is InChI=1S/C11H21NOS/c1-5-7-10-8-6-9-12(10)14(13)11(2,3)4/h5,10H,1,6-9H2,2-4H3/t10-,14+/m0/s1. The Hall–Kier alpha value is -0.150. The molecule has 0 aromatic carbocycles. The van der Waals surface area contributed by atoms with Gasteiger partial charge in [0.2, 0.25) is 0 Å². The van der Waals surface area contributed by atoms with E-state index in [1.807, 2.05) is 26.8 Å². The highest BCUT2D eigenvalue weighted by Crippen LogP contribution is 2.27. The molecule has 1 rings (SSSR count). The van der Waals surface area contributed by atoms with Gasteiger partial charge in [-0.25, -0.2) is 8.51 Å². The maximum atomic E-state index is 12.2. The molecule has 0 aromatic heterocycles. The zero-order chi connectivity index (χ0) is 10.8. The number of hydrogen-bond acceptors (Lipinski definition) is 1. The molecule has 0 aliphatic carbocycles. The molecule has 0 aromatic rings. The van der Waals surface area contributed by atoms with E-state index < -0.39 is 11.0 Å². The van der Waals surface area contributed by atoms with Crippen molar-refractivity contribution in [3.8, 4) is 0 Å². The van der Waals surface area contributed by atoms with Gasteiger partial charge in [0.15, 0.2) is 0 Å². The van der Waals surface area contributed by atoms with Crippen molar-refractivity contribution < 1.29 is 4.21 Å². The molecule has 1 fully saturated rings. The average molecular weight is 215 g/mol. The van der Waals surface area contributed by atoms with Gasteiger partial charge in [0.05, 0.1) is 15.7 Å². The molecule has 0 N–H and O–H groups in total. The van der Waals surface area contributed by atoms with Crippen molar-refractivity contribution in [3.63, 3.8) is 0 Å². The topological polar surface area (TPSA) is 20.3 Å². The zero-order valence-corrected chi connectivity index (χ0v) is 10.3. The third kappa shape index (κ3) is 2.67. The first-order valence-corrected chi connectivity index (χ1v) is 6.37. The van der Waals surface area contributed by atoms with Crippen molar-refractivity contribution >= 4 is 11.0 Å². The molecule has 0 saturated carbocycles. The van der Waals surface area contributed by atoms with Crippen molar-refractivity contribution in [1.82, 2.24) is 4.31 Å². The third-order valence-electron chi connectivity index (χ3n) is 2.50. The van der Waals surface area contributed by atoms with E-state index in [0.29, 0.717) is 6.04 Å². The molecule has 2 nitrogen and oxygen atoms in total. The summed E-state index contributed by atoms with van der Waals surface area (Å²) in [4.78, 5) is 0. The van der Waals surface area contributed by atoms with E-state index in [1.54, 1.807) is 0 Å². The summed E-state index contributed by atoms with van der Waals surface area (Å²) in [7, 11) is -0.859. The molecule has 0 spiro atoms. The van der Waals surface area contributed by atoms with Crippen LogP contribution >= 0.6 is 0 Å². The lowest BCUT2D eigenvalue weighted by atomic mass is 10.2. The maximum absolute atomic E-state index is 12.2. The van der Waals surface area contributed by atoms with Crippen molar-refractivity contribution in [2.75, 3.05) is 6.54 Å². The van der Waals surface area contributed by atoms with Crippen molar-refractivity contribution in [3.05, 3.63) is 12.7 Å². The Morgan fingerprint density at radius 2 is 2.21 bits per heavy atom. The fraction of sp³-hybridized carbons (Fsp3) is 0.818. The largest absolute Gasteiger partial charge is 0.242 e. The van der Waals surface area contributed by atoms with Crippen LogP contribution in [0.2, 0.25) is 0 Å². The van der Waals surface area contributed by atoms with Gasteiger partial charge in [0, 0.05) is 12.6 Å². The van der Waals surface area contributed by atoms with Crippen LogP contribution in [-0.2, 0) is 11.0 Å². The monoisotopic (exact) mass is 215 g/mol. The zero-order valence-electron chi connectivity index (χ0n) is 9.45. The minimum Gasteiger partial charge on any atom is -0.242 e. The number of hydrogen-bond donors (Lipinski definition) is 0. The van der Waals surface area contributed by atoms with Gasteiger partial charge in [-0.3, -0.25) is 0 Å². The van der Waals surface area contributed by atoms with Gasteiger partial charge in [-0.1, -0.05) is 6.08 Å². The van der Waals surface area contributed by atoms with Gasteiger partial charge in [-0.15, -0.1) is 6.58 Å². The van der Waals surface area contributed by atoms with Gasteiger partial charge in [0.25, 0.3) is 0 Å². The molecule has 1 aliphatic heterocycles. The van der Waals surface area contributed by atoms with Gasteiger partial charge < -0.3 is 0 Å². The summed E-state index contributed by atoms with van der Waals surface area (Å²) in [5.41, 5.74) is 0. The summed E-state index contributed by atoms with van der Waals surface area (Å²) in [5.74, 6) is 0. The highest BCUT2D eigenvalue weighted by atomic mass is 32.2. The Balaban J connectivity index is 2.67. The lowest BCUT2D eigenvalue weighted by molar-refractivity contribution is 0.407. The Labute approximate surface area is 90.0 Å². The highest BCUT2D eigenvalue weighted by Gasteiger charge is 2.33. The van der Waals surface area contributed by atoms with Gasteiger partial charge in [0.1, 0.15) is 0 Å². The first-order valence-electron chi connectivity index (χ1n) is 5.26. The summed E-state index contributed by atoms with van der Waals surface area (Å²) < 4.78 is 14.2. The lowest BCUT2D eigenvalue weighted by Crippen LogP contribution is -2.40. The van der Waals surface area contributed by atoms with Crippen LogP contribution in [-0.4, -0.2) is 25.8 Å². The van der Waals surface area contributed by atoms with E-state index >= 15 is 0 Å². The predicted octanol–water partition coefficient (Wildman–Crippen LogP) is 2.49. The summed E-state index contributed by atoms with van der Waals surface area (Å²) in [6.07, 6.45) is 5.22. The molecule has 0 amide bonds. The van der Waals surface area contributed by atoms with Crippen LogP contribution in [0.5, 0.6) is 0 Å². The molecule has 0 bridgehead atoms. The molecular formula is C11H21NOS. The minimum absolute atomic E-state index is 0.135. The second kappa shape index (κ2) is 4.58. The highest BCUT2D eigenvalue weighted by molar-refractivity contribution is 7.84. The normalized spacial score (nSPS) is 26.4. The molecule has 3 heteroatoms. The van der Waals surface area contributed by atoms with E-state index in [4.69, 9.17) is 0 Å². The number of rotatable bonds is 3. The molecule has 2 atom stereocenters. The van der Waals surface area contributed by atoms with E-state index in [1.165, 1.54) is 6.42 Å². The smallest absolute Gasteiger partial charge is 0.1000 e. The van der Waals surface area contributed by atoms with Crippen LogP contribution in [0.4, 0.5) is 0 Å². The van der Waals surface area contributed by atoms with Crippen LogP contribution in [0, 0.1) is 0 Å². The first kappa shape index (κ1) is 11.9. The molecule has 0 unspecified atom stereocenters. The molecule has 1 aliphatic rings. The molecule has 1 heterocycles. The maximum Gasteiger partial charge on any atom is 0.1000 e. The summed E-state index contributed by atoms with van der Waals surface area (Å²) in [6, 6.07) is 0.451. The van der Waals surface area contributed by atoms with Crippen molar-refractivity contribution in [1.29, 1.82) is 0 Å². The Morgan fingerprint density at radius 1 is 1.57 bits per heavy atom. The second-order valence-electron chi connectivity index (χ2n) is 4.82. The first-order chi connectivity index (χ1) is 6.46. The van der Waals surface area contributed by atoms with Crippen LogP contribution in [0.1, 0.15) is 40.0 Å². The molecule has 82 valence electrons. The molecule has 0 radical (unpaired) electrons. The van der Waals surface area contributed by atoms with Crippen LogP contribution < -0.4 is 0 Å². The fourth-order valence-corrected chi connectivity index (χ4v) is 3.27. The summed E-state index contributed by atoms with van der Waals surface area (Å²) in [6.45, 7) is 10.8. The van der Waals surface area contributed by atoms with Crippen LogP contribution in [0.3, 0.4) is 0 Å². The van der Waals surface area contributed by atoms with Crippen LogP contribution in [0.15, 0.2) is 12.7 Å². The van der Waals surface area contributed by atoms with E-state index in [2.05, 4.69) is 10.9 Å². The van der Waals surface area contributed by atoms with E-state index in [0.717, 1.165) is 19.4 Å². The fourth-order valence-electron chi connectivity index (χ4n) is 1.81. The quantitative estimate of drug-likeness (QED) is 0.662. The van der Waals surface area contributed by atoms with Crippen molar-refractivity contribution in [2.45, 2.75) is 50.8 Å². The lowest BCUT2D eigenvalue weighted by Gasteiger charge is -2.29. The average Bonchev–Trinajstić information content (AvgIpc) is 2.50. The van der Waals surface area contributed by atoms with E-state index in [9.17, 15) is 4.21 Å². The SMILES string of the molecule is C=CC[C@H]1CCCN1[S@](=O)C(C)(C)C. The summed E-state index contributed by atoms with van der Waals surface area (Å²) >= 11 is 0. The minimum atomic E-state index is -0.859. The van der Waals surface area contributed by atoms with E-state index in [-0.39, 0.29) is 4.75 Å². The number of nitrogens with zero attached hydrogens (tertiary/aromatic N) is 1. The molecule has 14 heavy (non-hydrogen) atoms. The Morgan fingerprint density at radius 3 is 2.71 bits per heavy atom. The molecule has 1 saturated heterocycles. The van der Waals surface area contributed by atoms with Gasteiger partial charge in [-0.2, -0.15) is 0 Å². The van der Waals surface area contributed by atoms with Crippen molar-refractivity contribution in [2.24, 2.45) is 0 Å². The van der Waals surface area contributed by atoms with Gasteiger partial charge >= 0.3 is 0 Å². The Kier molecular flexibility index (Phi) is 3.90. The van der Waals surface area contributed by atoms with Gasteiger partial charge in [-0.05, 0) is 40.0 Å². The predicted molar refractivity (Wildman–Crippen MR) is 62.4 cm³/mol. The Bertz CT molecular complexity index is 232. The second-order valence-corrected chi connectivity index (χ2v) is 7.01. The molecular weight excluding hydrogens is 194 g/mol. The van der Waals surface area contributed by atoms with Crippen LogP contribution in [0.25, 0.3) is 0 Å². The third-order valence-corrected chi connectivity index (χ3v) is 4.45.